The van der Waals surface area contributed by atoms with Gasteiger partial charge in [0.25, 0.3) is 10.0 Å². The summed E-state index contributed by atoms with van der Waals surface area (Å²) in [4.78, 5) is -1.15. The van der Waals surface area contributed by atoms with Gasteiger partial charge in [-0.25, -0.2) is 8.42 Å². The third-order valence-electron chi connectivity index (χ3n) is 3.12. The zero-order valence-electron chi connectivity index (χ0n) is 12.5. The van der Waals surface area contributed by atoms with E-state index in [9.17, 15) is 34.8 Å². The van der Waals surface area contributed by atoms with Crippen molar-refractivity contribution in [1.29, 1.82) is 5.26 Å². The Bertz CT molecular complexity index is 975. The number of benzene rings is 2. The third-order valence-corrected chi connectivity index (χ3v) is 4.56. The Kier molecular flexibility index (Phi) is 4.92. The second-order valence-electron chi connectivity index (χ2n) is 5.01. The monoisotopic (exact) mass is 394 g/mol. The first-order valence-corrected chi connectivity index (χ1v) is 8.14. The molecule has 0 saturated heterocycles. The van der Waals surface area contributed by atoms with Crippen molar-refractivity contribution in [3.8, 4) is 6.07 Å². The molecule has 0 aliphatic rings. The highest BCUT2D eigenvalue weighted by atomic mass is 32.2. The third kappa shape index (κ3) is 4.26. The molecule has 2 aromatic rings. The Hall–Kier alpha value is -2.74. The van der Waals surface area contributed by atoms with E-state index >= 15 is 0 Å². The molecule has 0 aliphatic carbocycles. The van der Waals surface area contributed by atoms with Gasteiger partial charge in [-0.2, -0.15) is 31.6 Å². The van der Waals surface area contributed by atoms with Crippen LogP contribution in [0.15, 0.2) is 47.4 Å². The van der Waals surface area contributed by atoms with Crippen molar-refractivity contribution in [3.05, 3.63) is 59.2 Å². The minimum absolute atomic E-state index is 0.384. The lowest BCUT2D eigenvalue weighted by Gasteiger charge is -2.15. The highest BCUT2D eigenvalue weighted by Crippen LogP contribution is 2.36. The van der Waals surface area contributed by atoms with E-state index in [1.807, 2.05) is 0 Å². The Morgan fingerprint density at radius 2 is 1.54 bits per heavy atom. The second kappa shape index (κ2) is 6.53. The van der Waals surface area contributed by atoms with Crippen molar-refractivity contribution < 1.29 is 34.8 Å². The summed E-state index contributed by atoms with van der Waals surface area (Å²) in [6.45, 7) is 0. The summed E-state index contributed by atoms with van der Waals surface area (Å²) in [5.41, 5.74) is -3.99. The predicted octanol–water partition coefficient (Wildman–Crippen LogP) is 4.40. The Labute approximate surface area is 143 Å². The minimum Gasteiger partial charge on any atom is -0.280 e. The Morgan fingerprint density at radius 1 is 0.923 bits per heavy atom. The molecular weight excluding hydrogens is 386 g/mol. The molecule has 0 fully saturated rings. The fourth-order valence-electron chi connectivity index (χ4n) is 2.06. The lowest BCUT2D eigenvalue weighted by molar-refractivity contribution is -0.140. The number of hydrogen-bond donors (Lipinski definition) is 1. The van der Waals surface area contributed by atoms with Gasteiger partial charge in [-0.3, -0.25) is 4.72 Å². The Morgan fingerprint density at radius 3 is 2.08 bits per heavy atom. The quantitative estimate of drug-likeness (QED) is 0.785. The van der Waals surface area contributed by atoms with Crippen LogP contribution < -0.4 is 4.72 Å². The second-order valence-corrected chi connectivity index (χ2v) is 6.66. The van der Waals surface area contributed by atoms with Gasteiger partial charge >= 0.3 is 12.4 Å². The largest absolute Gasteiger partial charge is 0.417 e. The normalized spacial score (nSPS) is 12.5. The molecule has 0 spiro atoms. The van der Waals surface area contributed by atoms with Crippen molar-refractivity contribution in [2.45, 2.75) is 17.2 Å². The van der Waals surface area contributed by atoms with Crippen LogP contribution in [0.3, 0.4) is 0 Å². The highest BCUT2D eigenvalue weighted by molar-refractivity contribution is 7.92. The summed E-state index contributed by atoms with van der Waals surface area (Å²) in [5.74, 6) is 0. The molecule has 0 saturated carbocycles. The van der Waals surface area contributed by atoms with Crippen molar-refractivity contribution in [2.24, 2.45) is 0 Å². The number of sulfonamides is 1. The van der Waals surface area contributed by atoms with Crippen molar-refractivity contribution in [1.82, 2.24) is 0 Å². The smallest absolute Gasteiger partial charge is 0.280 e. The fourth-order valence-corrected chi connectivity index (χ4v) is 3.33. The van der Waals surface area contributed by atoms with Crippen LogP contribution in [0.2, 0.25) is 0 Å². The first-order chi connectivity index (χ1) is 11.8. The van der Waals surface area contributed by atoms with Crippen molar-refractivity contribution in [3.63, 3.8) is 0 Å². The van der Waals surface area contributed by atoms with Gasteiger partial charge in [0, 0.05) is 0 Å². The van der Waals surface area contributed by atoms with Gasteiger partial charge in [-0.15, -0.1) is 0 Å². The molecule has 2 rings (SSSR count). The maximum absolute atomic E-state index is 13.0. The molecule has 138 valence electrons. The number of hydrogen-bond acceptors (Lipinski definition) is 3. The zero-order valence-corrected chi connectivity index (χ0v) is 13.3. The molecule has 26 heavy (non-hydrogen) atoms. The van der Waals surface area contributed by atoms with E-state index in [0.29, 0.717) is 24.3 Å². The van der Waals surface area contributed by atoms with Crippen LogP contribution >= 0.6 is 0 Å². The van der Waals surface area contributed by atoms with E-state index in [1.165, 1.54) is 6.07 Å². The molecule has 4 nitrogen and oxygen atoms in total. The number of rotatable bonds is 3. The summed E-state index contributed by atoms with van der Waals surface area (Å²) >= 11 is 0. The molecular formula is C15H8F6N2O2S. The van der Waals surface area contributed by atoms with E-state index in [0.717, 1.165) is 18.2 Å². The van der Waals surface area contributed by atoms with Crippen LogP contribution in [0.5, 0.6) is 0 Å². The van der Waals surface area contributed by atoms with Crippen LogP contribution in [-0.4, -0.2) is 8.42 Å². The minimum atomic E-state index is -4.99. The van der Waals surface area contributed by atoms with Gasteiger partial charge in [-0.1, -0.05) is 12.1 Å². The van der Waals surface area contributed by atoms with Crippen LogP contribution in [0.4, 0.5) is 32.0 Å². The topological polar surface area (TPSA) is 70.0 Å². The van der Waals surface area contributed by atoms with Gasteiger partial charge in [0.2, 0.25) is 0 Å². The molecule has 0 aromatic heterocycles. The standard InChI is InChI=1S/C15H8F6N2O2S/c16-14(17,18)10-5-9(8-22)6-11(7-10)23-26(24,25)13-4-2-1-3-12(13)15(19,20)21/h1-7,23H. The van der Waals surface area contributed by atoms with Gasteiger partial charge in [0.15, 0.2) is 0 Å². The first-order valence-electron chi connectivity index (χ1n) is 6.66. The molecule has 11 heteroatoms. The van der Waals surface area contributed by atoms with Gasteiger partial charge in [0.05, 0.1) is 33.3 Å². The number of nitrogens with one attached hydrogen (secondary N) is 1. The molecule has 0 amide bonds. The molecule has 0 atom stereocenters. The van der Waals surface area contributed by atoms with Crippen LogP contribution in [0, 0.1) is 11.3 Å². The molecule has 1 N–H and O–H groups in total. The van der Waals surface area contributed by atoms with Crippen molar-refractivity contribution >= 4 is 15.7 Å². The Balaban J connectivity index is 2.54. The van der Waals surface area contributed by atoms with Crippen molar-refractivity contribution in [2.75, 3.05) is 4.72 Å². The SMILES string of the molecule is N#Cc1cc(NS(=O)(=O)c2ccccc2C(F)(F)F)cc(C(F)(F)F)c1. The summed E-state index contributed by atoms with van der Waals surface area (Å²) in [7, 11) is -4.86. The van der Waals surface area contributed by atoms with Crippen LogP contribution in [-0.2, 0) is 22.4 Å². The predicted molar refractivity (Wildman–Crippen MR) is 78.4 cm³/mol. The number of alkyl halides is 6. The summed E-state index contributed by atoms with van der Waals surface area (Å²) in [5, 5.41) is 8.78. The van der Waals surface area contributed by atoms with E-state index in [4.69, 9.17) is 5.26 Å². The maximum Gasteiger partial charge on any atom is 0.417 e. The average Bonchev–Trinajstić information content (AvgIpc) is 2.52. The summed E-state index contributed by atoms with van der Waals surface area (Å²) in [6, 6.07) is 6.29. The van der Waals surface area contributed by atoms with E-state index < -0.39 is 49.6 Å². The molecule has 0 unspecified atom stereocenters. The summed E-state index contributed by atoms with van der Waals surface area (Å²) in [6.07, 6.45) is -9.87. The average molecular weight is 394 g/mol. The number of nitriles is 1. The molecule has 0 aliphatic heterocycles. The number of halogens is 6. The number of anilines is 1. The maximum atomic E-state index is 13.0. The fraction of sp³-hybridized carbons (Fsp3) is 0.133. The summed E-state index contributed by atoms with van der Waals surface area (Å²) < 4.78 is 104. The van der Waals surface area contributed by atoms with Crippen LogP contribution in [0.25, 0.3) is 0 Å². The molecule has 2 aromatic carbocycles. The first kappa shape index (κ1) is 19.6. The van der Waals surface area contributed by atoms with Gasteiger partial charge < -0.3 is 0 Å². The highest BCUT2D eigenvalue weighted by Gasteiger charge is 2.37. The van der Waals surface area contributed by atoms with E-state index in [1.54, 1.807) is 4.72 Å². The van der Waals surface area contributed by atoms with Crippen LogP contribution in [0.1, 0.15) is 16.7 Å². The van der Waals surface area contributed by atoms with Gasteiger partial charge in [0.1, 0.15) is 0 Å². The lowest BCUT2D eigenvalue weighted by atomic mass is 10.1. The van der Waals surface area contributed by atoms with E-state index in [2.05, 4.69) is 0 Å². The zero-order chi connectivity index (χ0) is 19.8. The molecule has 0 radical (unpaired) electrons. The molecule has 0 heterocycles. The number of nitrogens with zero attached hydrogens (tertiary/aromatic N) is 1. The van der Waals surface area contributed by atoms with Gasteiger partial charge in [-0.05, 0) is 30.3 Å². The lowest BCUT2D eigenvalue weighted by Crippen LogP contribution is -2.19. The molecule has 0 bridgehead atoms. The van der Waals surface area contributed by atoms with E-state index in [-0.39, 0.29) is 0 Å².